The van der Waals surface area contributed by atoms with Crippen molar-refractivity contribution in [2.45, 2.75) is 75.0 Å². The first kappa shape index (κ1) is 32.5. The quantitative estimate of drug-likeness (QED) is 0.166. The Morgan fingerprint density at radius 2 is 0.885 bits per heavy atom. The molecule has 0 aromatic carbocycles. The molecule has 10 rings (SSSR count). The SMILES string of the molecule is N#CC(C#N)=Cc1ccc(-c2cc3c(s2)-c2sc4c5c(sc4c2C32CCCCC2)-c2sc(-c3ccc(C=C(C#N)C#N)s3)cc2C52CCCCC2)s1. The van der Waals surface area contributed by atoms with Crippen LogP contribution in [0.2, 0.25) is 0 Å². The molecular weight excluding hydrogens is 753 g/mol. The minimum absolute atomic E-state index is 0.0685. The third-order valence-corrected chi connectivity index (χ3v) is 19.2. The molecule has 0 bridgehead atoms. The third kappa shape index (κ3) is 4.60. The molecule has 52 heavy (non-hydrogen) atoms. The van der Waals surface area contributed by atoms with Gasteiger partial charge in [-0.2, -0.15) is 21.0 Å². The van der Waals surface area contributed by atoms with Gasteiger partial charge in [0.2, 0.25) is 0 Å². The van der Waals surface area contributed by atoms with Gasteiger partial charge >= 0.3 is 0 Å². The van der Waals surface area contributed by atoms with E-state index in [-0.39, 0.29) is 22.0 Å². The Morgan fingerprint density at radius 1 is 0.481 bits per heavy atom. The van der Waals surface area contributed by atoms with Crippen molar-refractivity contribution in [1.82, 2.24) is 0 Å². The zero-order chi connectivity index (χ0) is 35.2. The molecule has 4 aliphatic carbocycles. The molecule has 0 saturated heterocycles. The number of allylic oxidation sites excluding steroid dienone is 2. The molecule has 2 saturated carbocycles. The normalized spacial score (nSPS) is 17.1. The summed E-state index contributed by atoms with van der Waals surface area (Å²) in [7, 11) is 0. The number of fused-ring (bicyclic) bond motifs is 13. The maximum atomic E-state index is 9.29. The van der Waals surface area contributed by atoms with Crippen molar-refractivity contribution in [3.8, 4) is 63.3 Å². The Kier molecular flexibility index (Phi) is 7.65. The summed E-state index contributed by atoms with van der Waals surface area (Å²) in [5.41, 5.74) is 6.75. The number of hydrogen-bond acceptors (Lipinski definition) is 10. The summed E-state index contributed by atoms with van der Waals surface area (Å²) in [6, 6.07) is 21.4. The van der Waals surface area contributed by atoms with Crippen LogP contribution in [0.5, 0.6) is 0 Å². The van der Waals surface area contributed by atoms with Gasteiger partial charge in [-0.1, -0.05) is 38.5 Å². The fraction of sp³-hybridized carbons (Fsp3) is 0.286. The highest BCUT2D eigenvalue weighted by molar-refractivity contribution is 7.35. The van der Waals surface area contributed by atoms with Crippen LogP contribution in [0.3, 0.4) is 0 Å². The minimum Gasteiger partial charge on any atom is -0.192 e. The lowest BCUT2D eigenvalue weighted by Crippen LogP contribution is -2.28. The topological polar surface area (TPSA) is 95.2 Å². The van der Waals surface area contributed by atoms with Crippen LogP contribution >= 0.6 is 68.0 Å². The van der Waals surface area contributed by atoms with Gasteiger partial charge in [-0.25, -0.2) is 0 Å². The lowest BCUT2D eigenvalue weighted by Gasteiger charge is -2.35. The zero-order valence-electron chi connectivity index (χ0n) is 27.9. The molecule has 0 atom stereocenters. The van der Waals surface area contributed by atoms with Gasteiger partial charge in [-0.3, -0.25) is 0 Å². The molecule has 2 spiro atoms. The van der Waals surface area contributed by atoms with Gasteiger partial charge < -0.3 is 0 Å². The van der Waals surface area contributed by atoms with Gasteiger partial charge in [0.1, 0.15) is 35.4 Å². The lowest BCUT2D eigenvalue weighted by molar-refractivity contribution is 0.355. The summed E-state index contributed by atoms with van der Waals surface area (Å²) >= 11 is 11.4. The average molecular weight is 781 g/mol. The number of rotatable bonds is 4. The number of nitrogens with zero attached hydrogens (tertiary/aromatic N) is 4. The first-order chi connectivity index (χ1) is 25.5. The Bertz CT molecular complexity index is 2490. The van der Waals surface area contributed by atoms with Crippen LogP contribution in [-0.4, -0.2) is 0 Å². The second-order valence-corrected chi connectivity index (χ2v) is 20.6. The van der Waals surface area contributed by atoms with E-state index in [9.17, 15) is 21.0 Å². The van der Waals surface area contributed by atoms with E-state index < -0.39 is 0 Å². The van der Waals surface area contributed by atoms with Gasteiger partial charge in [0, 0.05) is 61.0 Å². The van der Waals surface area contributed by atoms with Crippen LogP contribution in [-0.2, 0) is 10.8 Å². The summed E-state index contributed by atoms with van der Waals surface area (Å²) in [6.07, 6.45) is 15.9. The maximum absolute atomic E-state index is 9.29. The van der Waals surface area contributed by atoms with Gasteiger partial charge in [0.05, 0.1) is 19.2 Å². The van der Waals surface area contributed by atoms with Crippen LogP contribution in [0, 0.1) is 45.3 Å². The second kappa shape index (κ2) is 12.2. The fourth-order valence-electron chi connectivity index (χ4n) is 9.40. The van der Waals surface area contributed by atoms with Crippen molar-refractivity contribution < 1.29 is 0 Å². The molecular formula is C42H28N4S6. The van der Waals surface area contributed by atoms with Crippen molar-refractivity contribution >= 4 is 89.6 Å². The predicted molar refractivity (Wildman–Crippen MR) is 219 cm³/mol. The van der Waals surface area contributed by atoms with Crippen molar-refractivity contribution in [3.63, 3.8) is 0 Å². The number of thiophene rings is 6. The molecule has 0 amide bonds. The van der Waals surface area contributed by atoms with E-state index in [2.05, 4.69) is 46.9 Å². The van der Waals surface area contributed by atoms with E-state index in [0.29, 0.717) is 0 Å². The van der Waals surface area contributed by atoms with E-state index in [0.717, 1.165) is 9.75 Å². The number of hydrogen-bond donors (Lipinski definition) is 0. The van der Waals surface area contributed by atoms with Crippen molar-refractivity contribution in [3.05, 3.63) is 79.6 Å². The Hall–Kier alpha value is -4.10. The first-order valence-electron chi connectivity index (χ1n) is 17.6. The highest BCUT2D eigenvalue weighted by Gasteiger charge is 2.52. The Morgan fingerprint density at radius 3 is 1.27 bits per heavy atom. The summed E-state index contributed by atoms with van der Waals surface area (Å²) in [4.78, 5) is 12.9. The zero-order valence-corrected chi connectivity index (χ0v) is 32.8. The van der Waals surface area contributed by atoms with Crippen LogP contribution in [0.25, 0.3) is 60.6 Å². The molecule has 0 aliphatic heterocycles. The molecule has 252 valence electrons. The molecule has 0 unspecified atom stereocenters. The monoisotopic (exact) mass is 780 g/mol. The smallest absolute Gasteiger partial charge is 0.131 e. The van der Waals surface area contributed by atoms with Crippen LogP contribution in [0.1, 0.15) is 96.2 Å². The lowest BCUT2D eigenvalue weighted by atomic mass is 9.67. The van der Waals surface area contributed by atoms with E-state index in [1.165, 1.54) is 114 Å². The maximum Gasteiger partial charge on any atom is 0.131 e. The largest absolute Gasteiger partial charge is 0.192 e. The Labute approximate surface area is 326 Å². The molecule has 6 aromatic heterocycles. The van der Waals surface area contributed by atoms with Crippen LogP contribution in [0.15, 0.2) is 47.5 Å². The van der Waals surface area contributed by atoms with Gasteiger partial charge in [-0.05, 0) is 85.4 Å². The molecule has 4 nitrogen and oxygen atoms in total. The summed E-state index contributed by atoms with van der Waals surface area (Å²) in [5.74, 6) is 0. The van der Waals surface area contributed by atoms with E-state index in [4.69, 9.17) is 0 Å². The predicted octanol–water partition coefficient (Wildman–Crippen LogP) is 13.9. The van der Waals surface area contributed by atoms with Crippen LogP contribution in [0.4, 0.5) is 0 Å². The summed E-state index contributed by atoms with van der Waals surface area (Å²) in [5, 5.41) is 37.2. The van der Waals surface area contributed by atoms with Gasteiger partial charge in [0.25, 0.3) is 0 Å². The molecule has 4 aliphatic rings. The highest BCUT2D eigenvalue weighted by Crippen LogP contribution is 2.70. The van der Waals surface area contributed by atoms with Gasteiger partial charge in [-0.15, -0.1) is 68.0 Å². The molecule has 6 heterocycles. The van der Waals surface area contributed by atoms with E-state index in [1.807, 2.05) is 59.1 Å². The molecule has 2 fully saturated rings. The summed E-state index contributed by atoms with van der Waals surface area (Å²) < 4.78 is 3.10. The minimum atomic E-state index is 0.0685. The van der Waals surface area contributed by atoms with Crippen molar-refractivity contribution in [1.29, 1.82) is 21.0 Å². The Balaban J connectivity index is 1.11. The fourth-order valence-corrected chi connectivity index (χ4v) is 17.6. The standard InChI is InChI=1S/C42H28N4S6/c43-19-23(20-44)15-25-7-9-29(47-25)31-17-27-35(49-31)37-33(41(27)11-3-1-4-12-41)39-40(51-37)34-38(52-39)36-28(42(34)13-5-2-6-14-42)18-32(50-36)30-10-8-26(48-30)16-24(21-45)22-46/h7-10,15-18H,1-6,11-14H2. The number of nitriles is 4. The van der Waals surface area contributed by atoms with Crippen LogP contribution < -0.4 is 0 Å². The first-order valence-corrected chi connectivity index (χ1v) is 22.5. The molecule has 10 heteroatoms. The molecule has 0 radical (unpaired) electrons. The van der Waals surface area contributed by atoms with Gasteiger partial charge in [0.15, 0.2) is 0 Å². The van der Waals surface area contributed by atoms with Crippen molar-refractivity contribution in [2.24, 2.45) is 0 Å². The third-order valence-electron chi connectivity index (χ3n) is 11.6. The molecule has 0 N–H and O–H groups in total. The van der Waals surface area contributed by atoms with E-state index >= 15 is 0 Å². The highest BCUT2D eigenvalue weighted by atomic mass is 32.1. The molecule has 6 aromatic rings. The average Bonchev–Trinajstić information content (AvgIpc) is 4.03. The van der Waals surface area contributed by atoms with Crippen molar-refractivity contribution in [2.75, 3.05) is 0 Å². The van der Waals surface area contributed by atoms with E-state index in [1.54, 1.807) is 55.4 Å². The summed E-state index contributed by atoms with van der Waals surface area (Å²) in [6.45, 7) is 0. The second-order valence-electron chi connectivity index (χ2n) is 14.2.